The van der Waals surface area contributed by atoms with E-state index in [4.69, 9.17) is 0 Å². The van der Waals surface area contributed by atoms with Crippen LogP contribution in [0.3, 0.4) is 0 Å². The highest BCUT2D eigenvalue weighted by atomic mass is 16.3. The van der Waals surface area contributed by atoms with Gasteiger partial charge in [0.25, 0.3) is 0 Å². The van der Waals surface area contributed by atoms with Crippen molar-refractivity contribution in [3.63, 3.8) is 0 Å². The van der Waals surface area contributed by atoms with E-state index in [0.29, 0.717) is 0 Å². The van der Waals surface area contributed by atoms with Gasteiger partial charge in [0.15, 0.2) is 0 Å². The van der Waals surface area contributed by atoms with Gasteiger partial charge in [0.1, 0.15) is 0 Å². The first-order valence-electron chi connectivity index (χ1n) is 6.14. The van der Waals surface area contributed by atoms with Gasteiger partial charge in [0.05, 0.1) is 5.60 Å². The van der Waals surface area contributed by atoms with Crippen molar-refractivity contribution < 1.29 is 5.11 Å². The molecule has 0 fully saturated rings. The lowest BCUT2D eigenvalue weighted by Gasteiger charge is -2.29. The summed E-state index contributed by atoms with van der Waals surface area (Å²) in [6, 6.07) is 0. The molecule has 0 aromatic carbocycles. The highest BCUT2D eigenvalue weighted by Gasteiger charge is 2.26. The van der Waals surface area contributed by atoms with E-state index in [1.807, 2.05) is 6.92 Å². The highest BCUT2D eigenvalue weighted by Crippen LogP contribution is 2.32. The minimum atomic E-state index is -0.632. The standard InChI is InChI=1S/C15H24O/c1-12(2)6-5-11-15(4,16)14-9-7-13(3)8-10-14/h6,9,16H,3,5,7-8,10-11H2,1-2,4H3/t15-/m0/s1. The van der Waals surface area contributed by atoms with Crippen molar-refractivity contribution in [2.24, 2.45) is 0 Å². The maximum atomic E-state index is 10.4. The molecule has 0 amide bonds. The molecule has 0 aliphatic heterocycles. The fraction of sp³-hybridized carbons (Fsp3) is 0.600. The Bertz CT molecular complexity index is 314. The molecule has 1 atom stereocenters. The van der Waals surface area contributed by atoms with Gasteiger partial charge >= 0.3 is 0 Å². The van der Waals surface area contributed by atoms with E-state index in [9.17, 15) is 5.11 Å². The number of hydrogen-bond acceptors (Lipinski definition) is 1. The third-order valence-electron chi connectivity index (χ3n) is 3.26. The van der Waals surface area contributed by atoms with Crippen molar-refractivity contribution in [1.29, 1.82) is 0 Å². The van der Waals surface area contributed by atoms with Gasteiger partial charge in [-0.1, -0.05) is 29.9 Å². The molecule has 1 heteroatoms. The van der Waals surface area contributed by atoms with Gasteiger partial charge < -0.3 is 5.11 Å². The van der Waals surface area contributed by atoms with Crippen molar-refractivity contribution in [3.05, 3.63) is 35.5 Å². The second kappa shape index (κ2) is 5.49. The third-order valence-corrected chi connectivity index (χ3v) is 3.26. The lowest BCUT2D eigenvalue weighted by Crippen LogP contribution is -2.27. The van der Waals surface area contributed by atoms with Crippen LogP contribution in [0.15, 0.2) is 35.5 Å². The summed E-state index contributed by atoms with van der Waals surface area (Å²) in [4.78, 5) is 0. The molecule has 0 spiro atoms. The van der Waals surface area contributed by atoms with Crippen LogP contribution in [0.25, 0.3) is 0 Å². The zero-order valence-corrected chi connectivity index (χ0v) is 10.8. The molecule has 1 nitrogen and oxygen atoms in total. The zero-order valence-electron chi connectivity index (χ0n) is 10.8. The van der Waals surface area contributed by atoms with Crippen LogP contribution in [-0.4, -0.2) is 10.7 Å². The zero-order chi connectivity index (χ0) is 12.2. The third kappa shape index (κ3) is 3.97. The molecular weight excluding hydrogens is 196 g/mol. The molecule has 0 radical (unpaired) electrons. The average molecular weight is 220 g/mol. The second-order valence-electron chi connectivity index (χ2n) is 5.28. The Morgan fingerprint density at radius 1 is 1.50 bits per heavy atom. The summed E-state index contributed by atoms with van der Waals surface area (Å²) < 4.78 is 0. The number of rotatable bonds is 4. The van der Waals surface area contributed by atoms with E-state index in [1.165, 1.54) is 16.7 Å². The molecule has 1 aliphatic rings. The first-order chi connectivity index (χ1) is 7.42. The molecule has 0 heterocycles. The van der Waals surface area contributed by atoms with Gasteiger partial charge in [0.2, 0.25) is 0 Å². The monoisotopic (exact) mass is 220 g/mol. The number of hydrogen-bond donors (Lipinski definition) is 1. The maximum absolute atomic E-state index is 10.4. The van der Waals surface area contributed by atoms with Gasteiger partial charge in [-0.2, -0.15) is 0 Å². The fourth-order valence-corrected chi connectivity index (χ4v) is 2.07. The minimum Gasteiger partial charge on any atom is -0.386 e. The molecule has 0 saturated heterocycles. The first kappa shape index (κ1) is 13.2. The molecular formula is C15H24O. The Hall–Kier alpha value is -0.820. The maximum Gasteiger partial charge on any atom is 0.0831 e. The second-order valence-corrected chi connectivity index (χ2v) is 5.28. The summed E-state index contributed by atoms with van der Waals surface area (Å²) in [5.41, 5.74) is 3.17. The van der Waals surface area contributed by atoms with Crippen LogP contribution in [0.1, 0.15) is 52.9 Å². The Kier molecular flexibility index (Phi) is 4.55. The van der Waals surface area contributed by atoms with Gasteiger partial charge in [-0.25, -0.2) is 0 Å². The van der Waals surface area contributed by atoms with E-state index in [1.54, 1.807) is 0 Å². The molecule has 90 valence electrons. The van der Waals surface area contributed by atoms with E-state index < -0.39 is 5.60 Å². The Morgan fingerprint density at radius 2 is 2.19 bits per heavy atom. The van der Waals surface area contributed by atoms with E-state index >= 15 is 0 Å². The largest absolute Gasteiger partial charge is 0.386 e. The van der Waals surface area contributed by atoms with Crippen LogP contribution < -0.4 is 0 Å². The summed E-state index contributed by atoms with van der Waals surface area (Å²) in [7, 11) is 0. The predicted molar refractivity (Wildman–Crippen MR) is 70.4 cm³/mol. The van der Waals surface area contributed by atoms with Crippen LogP contribution in [0.2, 0.25) is 0 Å². The lowest BCUT2D eigenvalue weighted by atomic mass is 9.82. The normalized spacial score (nSPS) is 20.0. The van der Waals surface area contributed by atoms with Gasteiger partial charge in [-0.15, -0.1) is 0 Å². The summed E-state index contributed by atoms with van der Waals surface area (Å²) in [6.07, 6.45) is 9.06. The quantitative estimate of drug-likeness (QED) is 0.706. The summed E-state index contributed by atoms with van der Waals surface area (Å²) in [5.74, 6) is 0. The Balaban J connectivity index is 2.56. The molecule has 0 aromatic heterocycles. The van der Waals surface area contributed by atoms with E-state index in [-0.39, 0.29) is 0 Å². The number of allylic oxidation sites excluding steroid dienone is 4. The summed E-state index contributed by atoms with van der Waals surface area (Å²) in [5, 5.41) is 10.4. The van der Waals surface area contributed by atoms with Crippen molar-refractivity contribution in [1.82, 2.24) is 0 Å². The molecule has 1 N–H and O–H groups in total. The van der Waals surface area contributed by atoms with Crippen LogP contribution in [0.5, 0.6) is 0 Å². The highest BCUT2D eigenvalue weighted by molar-refractivity contribution is 5.23. The van der Waals surface area contributed by atoms with Crippen LogP contribution in [-0.2, 0) is 0 Å². The van der Waals surface area contributed by atoms with Crippen LogP contribution in [0.4, 0.5) is 0 Å². The predicted octanol–water partition coefficient (Wildman–Crippen LogP) is 4.15. The van der Waals surface area contributed by atoms with Gasteiger partial charge in [-0.3, -0.25) is 0 Å². The number of aliphatic hydroxyl groups is 1. The van der Waals surface area contributed by atoms with Crippen molar-refractivity contribution >= 4 is 0 Å². The summed E-state index contributed by atoms with van der Waals surface area (Å²) in [6.45, 7) is 10.1. The summed E-state index contributed by atoms with van der Waals surface area (Å²) >= 11 is 0. The Labute approximate surface area is 99.6 Å². The van der Waals surface area contributed by atoms with E-state index in [0.717, 1.165) is 32.1 Å². The SMILES string of the molecule is C=C1CC=C([C@@](C)(O)CCC=C(C)C)CC1. The molecule has 1 aliphatic carbocycles. The van der Waals surface area contributed by atoms with Crippen molar-refractivity contribution in [2.75, 3.05) is 0 Å². The van der Waals surface area contributed by atoms with Crippen LogP contribution >= 0.6 is 0 Å². The molecule has 1 rings (SSSR count). The molecule has 0 saturated carbocycles. The first-order valence-corrected chi connectivity index (χ1v) is 6.14. The molecule has 0 unspecified atom stereocenters. The molecule has 16 heavy (non-hydrogen) atoms. The fourth-order valence-electron chi connectivity index (χ4n) is 2.07. The van der Waals surface area contributed by atoms with Crippen molar-refractivity contribution in [3.8, 4) is 0 Å². The molecule has 0 bridgehead atoms. The van der Waals surface area contributed by atoms with E-state index in [2.05, 4.69) is 32.6 Å². The topological polar surface area (TPSA) is 20.2 Å². The van der Waals surface area contributed by atoms with Gasteiger partial charge in [0, 0.05) is 0 Å². The molecule has 0 aromatic rings. The smallest absolute Gasteiger partial charge is 0.0831 e. The lowest BCUT2D eigenvalue weighted by molar-refractivity contribution is 0.0854. The Morgan fingerprint density at radius 3 is 2.69 bits per heavy atom. The average Bonchev–Trinajstić information content (AvgIpc) is 2.17. The van der Waals surface area contributed by atoms with Crippen molar-refractivity contribution in [2.45, 2.75) is 58.5 Å². The van der Waals surface area contributed by atoms with Crippen LogP contribution in [0, 0.1) is 0 Å². The minimum absolute atomic E-state index is 0.632. The van der Waals surface area contributed by atoms with Gasteiger partial charge in [-0.05, 0) is 58.4 Å².